The van der Waals surface area contributed by atoms with E-state index in [1.54, 1.807) is 6.20 Å². The predicted molar refractivity (Wildman–Crippen MR) is 107 cm³/mol. The lowest BCUT2D eigenvalue weighted by molar-refractivity contribution is 0.0744. The van der Waals surface area contributed by atoms with Crippen LogP contribution in [0.25, 0.3) is 10.8 Å². The number of anilines is 1. The molecule has 0 N–H and O–H groups in total. The maximum absolute atomic E-state index is 13.4. The smallest absolute Gasteiger partial charge is 0.258 e. The molecule has 1 saturated heterocycles. The number of fused-ring (bicyclic) bond motifs is 1. The summed E-state index contributed by atoms with van der Waals surface area (Å²) in [4.78, 5) is 21.9. The Bertz CT molecular complexity index is 935. The molecule has 5 heteroatoms. The number of pyridine rings is 1. The average Bonchev–Trinajstić information content (AvgIpc) is 2.74. The number of amides is 1. The summed E-state index contributed by atoms with van der Waals surface area (Å²) in [5.41, 5.74) is 0.668. The number of carbonyl (C=O) groups is 1. The van der Waals surface area contributed by atoms with E-state index in [9.17, 15) is 4.79 Å². The van der Waals surface area contributed by atoms with Crippen molar-refractivity contribution in [2.24, 2.45) is 0 Å². The third kappa shape index (κ3) is 3.45. The highest BCUT2D eigenvalue weighted by molar-refractivity contribution is 6.09. The Morgan fingerprint density at radius 1 is 1.00 bits per heavy atom. The summed E-state index contributed by atoms with van der Waals surface area (Å²) in [5.74, 6) is 1.66. The molecule has 4 rings (SSSR count). The van der Waals surface area contributed by atoms with Crippen molar-refractivity contribution in [2.75, 3.05) is 37.7 Å². The quantitative estimate of drug-likeness (QED) is 0.712. The van der Waals surface area contributed by atoms with Gasteiger partial charge in [-0.15, -0.1) is 0 Å². The molecule has 0 aliphatic carbocycles. The Kier molecular flexibility index (Phi) is 4.92. The van der Waals surface area contributed by atoms with E-state index < -0.39 is 0 Å². The highest BCUT2D eigenvalue weighted by Gasteiger charge is 2.26. The van der Waals surface area contributed by atoms with Gasteiger partial charge in [-0.1, -0.05) is 36.4 Å². The summed E-state index contributed by atoms with van der Waals surface area (Å²) >= 11 is 0. The van der Waals surface area contributed by atoms with Crippen molar-refractivity contribution in [3.8, 4) is 5.75 Å². The van der Waals surface area contributed by atoms with Crippen LogP contribution >= 0.6 is 0 Å². The number of hydrogen-bond donors (Lipinski definition) is 0. The summed E-state index contributed by atoms with van der Waals surface area (Å²) in [7, 11) is 0. The second-order valence-electron chi connectivity index (χ2n) is 6.56. The molecule has 138 valence electrons. The molecule has 1 aliphatic rings. The van der Waals surface area contributed by atoms with Gasteiger partial charge in [-0.05, 0) is 35.9 Å². The van der Waals surface area contributed by atoms with E-state index in [0.29, 0.717) is 31.0 Å². The molecule has 0 bridgehead atoms. The number of ether oxygens (including phenoxy) is 1. The molecule has 0 unspecified atom stereocenters. The molecule has 27 heavy (non-hydrogen) atoms. The van der Waals surface area contributed by atoms with Gasteiger partial charge in [0, 0.05) is 32.4 Å². The molecule has 0 radical (unpaired) electrons. The number of benzene rings is 2. The van der Waals surface area contributed by atoms with Gasteiger partial charge < -0.3 is 14.5 Å². The summed E-state index contributed by atoms with van der Waals surface area (Å²) in [6.07, 6.45) is 1.80. The number of rotatable bonds is 4. The maximum atomic E-state index is 13.4. The fourth-order valence-electron chi connectivity index (χ4n) is 3.59. The molecule has 0 saturated carbocycles. The van der Waals surface area contributed by atoms with Crippen LogP contribution in [0.4, 0.5) is 5.82 Å². The topological polar surface area (TPSA) is 45.7 Å². The van der Waals surface area contributed by atoms with Crippen LogP contribution in [0.5, 0.6) is 5.75 Å². The van der Waals surface area contributed by atoms with Crippen LogP contribution in [0.2, 0.25) is 0 Å². The fraction of sp³-hybridized carbons (Fsp3) is 0.273. The monoisotopic (exact) mass is 361 g/mol. The number of nitrogens with zero attached hydrogens (tertiary/aromatic N) is 3. The summed E-state index contributed by atoms with van der Waals surface area (Å²) in [6, 6.07) is 17.8. The van der Waals surface area contributed by atoms with Gasteiger partial charge in [-0.2, -0.15) is 0 Å². The molecule has 3 aromatic rings. The van der Waals surface area contributed by atoms with Crippen molar-refractivity contribution in [2.45, 2.75) is 6.92 Å². The van der Waals surface area contributed by atoms with Crippen molar-refractivity contribution in [1.82, 2.24) is 9.88 Å². The zero-order valence-corrected chi connectivity index (χ0v) is 15.5. The zero-order valence-electron chi connectivity index (χ0n) is 15.5. The van der Waals surface area contributed by atoms with Gasteiger partial charge in [-0.25, -0.2) is 4.98 Å². The van der Waals surface area contributed by atoms with Crippen LogP contribution in [0.15, 0.2) is 60.8 Å². The van der Waals surface area contributed by atoms with Crippen molar-refractivity contribution >= 4 is 22.5 Å². The third-order valence-electron chi connectivity index (χ3n) is 4.94. The molecule has 1 amide bonds. The molecule has 0 spiro atoms. The van der Waals surface area contributed by atoms with E-state index in [2.05, 4.69) is 9.88 Å². The lowest BCUT2D eigenvalue weighted by Gasteiger charge is -2.35. The lowest BCUT2D eigenvalue weighted by atomic mass is 10.0. The van der Waals surface area contributed by atoms with Crippen LogP contribution in [-0.2, 0) is 0 Å². The standard InChI is InChI=1S/C22H23N3O2/c1-2-27-19-11-10-17-7-3-4-8-18(17)21(19)22(26)25-15-13-24(14-16-25)20-9-5-6-12-23-20/h3-12H,2,13-16H2,1H3. The minimum Gasteiger partial charge on any atom is -0.493 e. The highest BCUT2D eigenvalue weighted by Crippen LogP contribution is 2.30. The molecular weight excluding hydrogens is 338 g/mol. The summed E-state index contributed by atoms with van der Waals surface area (Å²) in [5, 5.41) is 2.00. The average molecular weight is 361 g/mol. The van der Waals surface area contributed by atoms with Gasteiger partial charge in [0.25, 0.3) is 5.91 Å². The van der Waals surface area contributed by atoms with Crippen molar-refractivity contribution < 1.29 is 9.53 Å². The van der Waals surface area contributed by atoms with Crippen LogP contribution in [0.3, 0.4) is 0 Å². The number of hydrogen-bond acceptors (Lipinski definition) is 4. The Hall–Kier alpha value is -3.08. The van der Waals surface area contributed by atoms with E-state index in [0.717, 1.165) is 29.7 Å². The molecule has 0 atom stereocenters. The van der Waals surface area contributed by atoms with Gasteiger partial charge in [0.2, 0.25) is 0 Å². The number of carbonyl (C=O) groups excluding carboxylic acids is 1. The van der Waals surface area contributed by atoms with Gasteiger partial charge in [0.1, 0.15) is 11.6 Å². The molecular formula is C22H23N3O2. The third-order valence-corrected chi connectivity index (χ3v) is 4.94. The first-order chi connectivity index (χ1) is 13.3. The first-order valence-electron chi connectivity index (χ1n) is 9.37. The molecule has 2 aromatic carbocycles. The molecule has 1 fully saturated rings. The summed E-state index contributed by atoms with van der Waals surface area (Å²) in [6.45, 7) is 5.37. The van der Waals surface area contributed by atoms with Gasteiger partial charge in [0.05, 0.1) is 12.2 Å². The van der Waals surface area contributed by atoms with Crippen molar-refractivity contribution in [3.05, 3.63) is 66.4 Å². The van der Waals surface area contributed by atoms with Crippen molar-refractivity contribution in [1.29, 1.82) is 0 Å². The van der Waals surface area contributed by atoms with E-state index in [1.165, 1.54) is 0 Å². The Labute approximate surface area is 159 Å². The predicted octanol–water partition coefficient (Wildman–Crippen LogP) is 3.60. The first kappa shape index (κ1) is 17.3. The SMILES string of the molecule is CCOc1ccc2ccccc2c1C(=O)N1CCN(c2ccccn2)CC1. The van der Waals surface area contributed by atoms with Crippen LogP contribution in [-0.4, -0.2) is 48.6 Å². The van der Waals surface area contributed by atoms with Gasteiger partial charge in [-0.3, -0.25) is 4.79 Å². The maximum Gasteiger partial charge on any atom is 0.258 e. The normalized spacial score (nSPS) is 14.4. The van der Waals surface area contributed by atoms with Gasteiger partial charge >= 0.3 is 0 Å². The Morgan fingerprint density at radius 2 is 1.78 bits per heavy atom. The highest BCUT2D eigenvalue weighted by atomic mass is 16.5. The Balaban J connectivity index is 1.59. The largest absolute Gasteiger partial charge is 0.493 e. The second-order valence-corrected chi connectivity index (χ2v) is 6.56. The zero-order chi connectivity index (χ0) is 18.6. The van der Waals surface area contributed by atoms with Crippen LogP contribution < -0.4 is 9.64 Å². The number of aromatic nitrogens is 1. The fourth-order valence-corrected chi connectivity index (χ4v) is 3.59. The van der Waals surface area contributed by atoms with E-state index in [4.69, 9.17) is 4.74 Å². The molecule has 1 aromatic heterocycles. The minimum atomic E-state index is 0.0379. The van der Waals surface area contributed by atoms with Crippen molar-refractivity contribution in [3.63, 3.8) is 0 Å². The lowest BCUT2D eigenvalue weighted by Crippen LogP contribution is -2.49. The van der Waals surface area contributed by atoms with E-state index in [-0.39, 0.29) is 5.91 Å². The first-order valence-corrected chi connectivity index (χ1v) is 9.37. The Morgan fingerprint density at radius 3 is 2.52 bits per heavy atom. The van der Waals surface area contributed by atoms with Crippen LogP contribution in [0, 0.1) is 0 Å². The van der Waals surface area contributed by atoms with Gasteiger partial charge in [0.15, 0.2) is 0 Å². The van der Waals surface area contributed by atoms with Crippen LogP contribution in [0.1, 0.15) is 17.3 Å². The van der Waals surface area contributed by atoms with E-state index in [1.807, 2.05) is 66.4 Å². The number of piperazine rings is 1. The molecule has 2 heterocycles. The molecule has 5 nitrogen and oxygen atoms in total. The summed E-state index contributed by atoms with van der Waals surface area (Å²) < 4.78 is 5.78. The second kappa shape index (κ2) is 7.66. The minimum absolute atomic E-state index is 0.0379. The van der Waals surface area contributed by atoms with E-state index >= 15 is 0 Å². The molecule has 1 aliphatic heterocycles.